The first-order chi connectivity index (χ1) is 11.3. The lowest BCUT2D eigenvalue weighted by Gasteiger charge is -2.06. The van der Waals surface area contributed by atoms with E-state index in [0.29, 0.717) is 23.4 Å². The Hall–Kier alpha value is -2.67. The summed E-state index contributed by atoms with van der Waals surface area (Å²) < 4.78 is 37.7. The second-order valence-corrected chi connectivity index (χ2v) is 5.33. The molecule has 3 rings (SSSR count). The first kappa shape index (κ1) is 16.2. The molecular formula is C16H8ClF3N2O2. The zero-order valence-electron chi connectivity index (χ0n) is 11.8. The molecular weight excluding hydrogens is 345 g/mol. The van der Waals surface area contributed by atoms with Crippen LogP contribution in [-0.2, 0) is 6.18 Å². The number of ketones is 1. The number of Topliss-reactive ketones (excluding diaryl/α,β-unsaturated/α-hetero) is 1. The number of benzene rings is 1. The summed E-state index contributed by atoms with van der Waals surface area (Å²) in [6.07, 6.45) is -2.93. The van der Waals surface area contributed by atoms with Crippen LogP contribution in [0.15, 0.2) is 47.1 Å². The number of rotatable bonds is 2. The van der Waals surface area contributed by atoms with Gasteiger partial charge in [0.15, 0.2) is 11.6 Å². The minimum atomic E-state index is -4.57. The normalized spacial score (nSPS) is 14.6. The first-order valence-electron chi connectivity index (χ1n) is 6.63. The van der Waals surface area contributed by atoms with Gasteiger partial charge in [0.2, 0.25) is 0 Å². The molecule has 1 aliphatic carbocycles. The molecule has 24 heavy (non-hydrogen) atoms. The number of hydrogen-bond donors (Lipinski definition) is 1. The van der Waals surface area contributed by atoms with E-state index in [0.717, 1.165) is 6.21 Å². The highest BCUT2D eigenvalue weighted by Gasteiger charge is 2.32. The van der Waals surface area contributed by atoms with Crippen molar-refractivity contribution in [1.82, 2.24) is 4.98 Å². The van der Waals surface area contributed by atoms with E-state index in [1.54, 1.807) is 24.3 Å². The zero-order chi connectivity index (χ0) is 17.5. The highest BCUT2D eigenvalue weighted by atomic mass is 35.5. The number of aliphatic hydroxyl groups is 1. The Morgan fingerprint density at radius 3 is 2.46 bits per heavy atom. The summed E-state index contributed by atoms with van der Waals surface area (Å²) >= 11 is 5.74. The number of pyridine rings is 1. The van der Waals surface area contributed by atoms with Crippen LogP contribution >= 0.6 is 11.6 Å². The molecule has 0 aliphatic heterocycles. The van der Waals surface area contributed by atoms with Gasteiger partial charge in [-0.05, 0) is 6.07 Å². The first-order valence-corrected chi connectivity index (χ1v) is 7.01. The van der Waals surface area contributed by atoms with Crippen LogP contribution in [0.3, 0.4) is 0 Å². The third-order valence-electron chi connectivity index (χ3n) is 3.39. The molecule has 1 heterocycles. The van der Waals surface area contributed by atoms with Gasteiger partial charge in [-0.25, -0.2) is 9.98 Å². The number of hydrogen-bond acceptors (Lipinski definition) is 4. The molecule has 0 amide bonds. The molecule has 0 bridgehead atoms. The van der Waals surface area contributed by atoms with Crippen molar-refractivity contribution in [3.8, 4) is 0 Å². The third kappa shape index (κ3) is 2.78. The van der Waals surface area contributed by atoms with Crippen LogP contribution in [0.2, 0.25) is 5.02 Å². The SMILES string of the molecule is O=C1C(/C=N/c2ncc(C(F)(F)F)cc2Cl)=C(O)c2ccccc21. The number of aromatic nitrogens is 1. The van der Waals surface area contributed by atoms with Crippen molar-refractivity contribution < 1.29 is 23.1 Å². The van der Waals surface area contributed by atoms with E-state index in [1.165, 1.54) is 0 Å². The largest absolute Gasteiger partial charge is 0.506 e. The van der Waals surface area contributed by atoms with Crippen molar-refractivity contribution in [2.45, 2.75) is 6.18 Å². The highest BCUT2D eigenvalue weighted by Crippen LogP contribution is 2.34. The van der Waals surface area contributed by atoms with Crippen molar-refractivity contribution in [1.29, 1.82) is 0 Å². The number of aliphatic imine (C=N–C) groups is 1. The van der Waals surface area contributed by atoms with Gasteiger partial charge in [-0.15, -0.1) is 0 Å². The van der Waals surface area contributed by atoms with Gasteiger partial charge >= 0.3 is 6.18 Å². The number of halogens is 4. The van der Waals surface area contributed by atoms with Gasteiger partial charge in [-0.3, -0.25) is 4.79 Å². The van der Waals surface area contributed by atoms with Gasteiger partial charge in [0.05, 0.1) is 16.2 Å². The van der Waals surface area contributed by atoms with Crippen molar-refractivity contribution in [2.75, 3.05) is 0 Å². The molecule has 0 spiro atoms. The van der Waals surface area contributed by atoms with E-state index in [4.69, 9.17) is 11.6 Å². The van der Waals surface area contributed by atoms with Crippen LogP contribution < -0.4 is 0 Å². The molecule has 2 aromatic rings. The molecule has 0 radical (unpaired) electrons. The van der Waals surface area contributed by atoms with Crippen molar-refractivity contribution in [3.05, 3.63) is 63.8 Å². The van der Waals surface area contributed by atoms with Gasteiger partial charge in [0.1, 0.15) is 5.76 Å². The van der Waals surface area contributed by atoms with Crippen molar-refractivity contribution in [2.24, 2.45) is 4.99 Å². The van der Waals surface area contributed by atoms with E-state index in [-0.39, 0.29) is 22.2 Å². The minimum Gasteiger partial charge on any atom is -0.506 e. The number of aliphatic hydroxyl groups excluding tert-OH is 1. The average Bonchev–Trinajstić information content (AvgIpc) is 2.77. The van der Waals surface area contributed by atoms with E-state index in [9.17, 15) is 23.1 Å². The molecule has 0 unspecified atom stereocenters. The molecule has 0 fully saturated rings. The number of fused-ring (bicyclic) bond motifs is 1. The lowest BCUT2D eigenvalue weighted by Crippen LogP contribution is -2.05. The maximum atomic E-state index is 12.6. The second-order valence-electron chi connectivity index (χ2n) is 4.92. The Bertz CT molecular complexity index is 904. The van der Waals surface area contributed by atoms with E-state index >= 15 is 0 Å². The van der Waals surface area contributed by atoms with Crippen molar-refractivity contribution >= 4 is 35.2 Å². The quantitative estimate of drug-likeness (QED) is 0.802. The average molecular weight is 353 g/mol. The molecule has 1 aromatic heterocycles. The third-order valence-corrected chi connectivity index (χ3v) is 3.67. The van der Waals surface area contributed by atoms with E-state index in [2.05, 4.69) is 9.98 Å². The predicted molar refractivity (Wildman–Crippen MR) is 82.7 cm³/mol. The molecule has 1 aromatic carbocycles. The van der Waals surface area contributed by atoms with Crippen LogP contribution in [0.1, 0.15) is 21.5 Å². The fourth-order valence-electron chi connectivity index (χ4n) is 2.21. The molecule has 122 valence electrons. The summed E-state index contributed by atoms with van der Waals surface area (Å²) in [6, 6.07) is 7.14. The minimum absolute atomic E-state index is 0.0750. The van der Waals surface area contributed by atoms with E-state index < -0.39 is 17.5 Å². The number of allylic oxidation sites excluding steroid dienone is 1. The number of carbonyl (C=O) groups excluding carboxylic acids is 1. The molecule has 4 nitrogen and oxygen atoms in total. The topological polar surface area (TPSA) is 62.5 Å². The van der Waals surface area contributed by atoms with E-state index in [1.807, 2.05) is 0 Å². The number of carbonyl (C=O) groups is 1. The second kappa shape index (κ2) is 5.76. The summed E-state index contributed by atoms with van der Waals surface area (Å²) in [5, 5.41) is 9.76. The summed E-state index contributed by atoms with van der Waals surface area (Å²) in [6.45, 7) is 0. The van der Waals surface area contributed by atoms with Crippen LogP contribution in [0.4, 0.5) is 19.0 Å². The Labute approximate surface area is 138 Å². The van der Waals surface area contributed by atoms with Crippen LogP contribution in [0.5, 0.6) is 0 Å². The zero-order valence-corrected chi connectivity index (χ0v) is 12.6. The molecule has 8 heteroatoms. The molecule has 1 aliphatic rings. The van der Waals surface area contributed by atoms with Crippen LogP contribution in [0, 0.1) is 0 Å². The summed E-state index contributed by atoms with van der Waals surface area (Å²) in [7, 11) is 0. The fourth-order valence-corrected chi connectivity index (χ4v) is 2.43. The van der Waals surface area contributed by atoms with Gasteiger partial charge in [0, 0.05) is 23.5 Å². The Morgan fingerprint density at radius 1 is 1.21 bits per heavy atom. The molecule has 0 saturated heterocycles. The molecule has 1 N–H and O–H groups in total. The maximum Gasteiger partial charge on any atom is 0.417 e. The summed E-state index contributed by atoms with van der Waals surface area (Å²) in [5.41, 5.74) is -0.384. The van der Waals surface area contributed by atoms with Gasteiger partial charge in [-0.2, -0.15) is 13.2 Å². The predicted octanol–water partition coefficient (Wildman–Crippen LogP) is 4.62. The lowest BCUT2D eigenvalue weighted by atomic mass is 10.1. The fraction of sp³-hybridized carbons (Fsp3) is 0.0625. The standard InChI is InChI=1S/C16H8ClF3N2O2/c17-12-5-8(16(18,19)20)6-21-15(12)22-7-11-13(23)9-3-1-2-4-10(9)14(11)24/h1-7,23H/b22-7+. The monoisotopic (exact) mass is 352 g/mol. The van der Waals surface area contributed by atoms with Crippen molar-refractivity contribution in [3.63, 3.8) is 0 Å². The number of alkyl halides is 3. The Morgan fingerprint density at radius 2 is 1.88 bits per heavy atom. The molecule has 0 saturated carbocycles. The van der Waals surface area contributed by atoms with Crippen LogP contribution in [-0.4, -0.2) is 22.1 Å². The lowest BCUT2D eigenvalue weighted by molar-refractivity contribution is -0.137. The van der Waals surface area contributed by atoms with Gasteiger partial charge < -0.3 is 5.11 Å². The summed E-state index contributed by atoms with van der Waals surface area (Å²) in [5.74, 6) is -0.869. The molecule has 0 atom stereocenters. The Balaban J connectivity index is 1.93. The summed E-state index contributed by atoms with van der Waals surface area (Å²) in [4.78, 5) is 19.5. The van der Waals surface area contributed by atoms with Gasteiger partial charge in [-0.1, -0.05) is 35.9 Å². The number of nitrogens with zero attached hydrogens (tertiary/aromatic N) is 2. The smallest absolute Gasteiger partial charge is 0.417 e. The van der Waals surface area contributed by atoms with Crippen LogP contribution in [0.25, 0.3) is 5.76 Å². The Kier molecular flexibility index (Phi) is 3.88. The highest BCUT2D eigenvalue weighted by molar-refractivity contribution is 6.33. The maximum absolute atomic E-state index is 12.6. The van der Waals surface area contributed by atoms with Gasteiger partial charge in [0.25, 0.3) is 0 Å².